The van der Waals surface area contributed by atoms with Gasteiger partial charge in [-0.2, -0.15) is 0 Å². The minimum atomic E-state index is -0.575. The summed E-state index contributed by atoms with van der Waals surface area (Å²) in [5.74, 6) is -0.480. The van der Waals surface area contributed by atoms with Crippen molar-refractivity contribution in [2.24, 2.45) is 16.7 Å². The number of hydrogen-bond acceptors (Lipinski definition) is 3. The summed E-state index contributed by atoms with van der Waals surface area (Å²) in [6, 6.07) is 9.20. The molecule has 3 aliphatic rings. The predicted octanol–water partition coefficient (Wildman–Crippen LogP) is 2.86. The zero-order valence-electron chi connectivity index (χ0n) is 14.4. The average molecular weight is 327 g/mol. The number of nitrogens with one attached hydrogen (secondary N) is 1. The van der Waals surface area contributed by atoms with Crippen molar-refractivity contribution in [1.82, 2.24) is 5.32 Å². The molecule has 1 N–H and O–H groups in total. The summed E-state index contributed by atoms with van der Waals surface area (Å²) in [7, 11) is 0. The molecule has 3 unspecified atom stereocenters. The van der Waals surface area contributed by atoms with Crippen LogP contribution in [-0.4, -0.2) is 24.0 Å². The third-order valence-corrected chi connectivity index (χ3v) is 6.55. The molecule has 2 saturated carbocycles. The van der Waals surface area contributed by atoms with Crippen LogP contribution in [0.2, 0.25) is 0 Å². The van der Waals surface area contributed by atoms with Gasteiger partial charge in [0.1, 0.15) is 12.1 Å². The van der Waals surface area contributed by atoms with Crippen LogP contribution in [0.15, 0.2) is 30.3 Å². The van der Waals surface area contributed by atoms with Crippen molar-refractivity contribution >= 4 is 11.9 Å². The molecule has 4 rings (SSSR count). The molecule has 1 aliphatic heterocycles. The number of carbonyl (C=O) groups is 2. The van der Waals surface area contributed by atoms with Crippen molar-refractivity contribution in [2.75, 3.05) is 0 Å². The summed E-state index contributed by atoms with van der Waals surface area (Å²) in [6.45, 7) is 4.56. The second kappa shape index (κ2) is 5.33. The number of esters is 1. The maximum Gasteiger partial charge on any atom is 0.329 e. The summed E-state index contributed by atoms with van der Waals surface area (Å²) in [5, 5.41) is 2.93. The van der Waals surface area contributed by atoms with Gasteiger partial charge in [0.05, 0.1) is 5.92 Å². The topological polar surface area (TPSA) is 55.4 Å². The van der Waals surface area contributed by atoms with Gasteiger partial charge >= 0.3 is 5.97 Å². The van der Waals surface area contributed by atoms with Crippen molar-refractivity contribution in [1.29, 1.82) is 0 Å². The highest BCUT2D eigenvalue weighted by molar-refractivity contribution is 5.88. The van der Waals surface area contributed by atoms with Crippen LogP contribution in [0.4, 0.5) is 0 Å². The highest BCUT2D eigenvalue weighted by Crippen LogP contribution is 2.70. The Labute approximate surface area is 143 Å². The highest BCUT2D eigenvalue weighted by atomic mass is 16.5. The first-order valence-electron chi connectivity index (χ1n) is 8.95. The Morgan fingerprint density at radius 2 is 1.92 bits per heavy atom. The molecule has 4 heteroatoms. The average Bonchev–Trinajstić information content (AvgIpc) is 3.09. The Balaban J connectivity index is 1.51. The van der Waals surface area contributed by atoms with Crippen molar-refractivity contribution in [3.63, 3.8) is 0 Å². The molecule has 1 heterocycles. The zero-order chi connectivity index (χ0) is 16.9. The van der Waals surface area contributed by atoms with E-state index in [1.54, 1.807) is 0 Å². The van der Waals surface area contributed by atoms with Crippen LogP contribution in [0.3, 0.4) is 0 Å². The van der Waals surface area contributed by atoms with E-state index >= 15 is 0 Å². The van der Waals surface area contributed by atoms with Gasteiger partial charge in [0.25, 0.3) is 0 Å². The Morgan fingerprint density at radius 1 is 1.21 bits per heavy atom. The van der Waals surface area contributed by atoms with Gasteiger partial charge in [-0.25, -0.2) is 4.79 Å². The molecule has 24 heavy (non-hydrogen) atoms. The molecule has 1 saturated heterocycles. The molecule has 1 aromatic rings. The largest absolute Gasteiger partial charge is 0.460 e. The number of rotatable bonds is 2. The van der Waals surface area contributed by atoms with E-state index in [2.05, 4.69) is 19.2 Å². The summed E-state index contributed by atoms with van der Waals surface area (Å²) < 4.78 is 5.82. The third-order valence-electron chi connectivity index (χ3n) is 6.55. The lowest BCUT2D eigenvalue weighted by atomic mass is 9.74. The molecule has 0 bridgehead atoms. The first kappa shape index (κ1) is 15.7. The Bertz CT molecular complexity index is 669. The first-order valence-corrected chi connectivity index (χ1v) is 8.95. The fourth-order valence-corrected chi connectivity index (χ4v) is 4.80. The van der Waals surface area contributed by atoms with E-state index in [-0.39, 0.29) is 29.3 Å². The van der Waals surface area contributed by atoms with Crippen molar-refractivity contribution < 1.29 is 14.3 Å². The minimum absolute atomic E-state index is 0.0138. The molecule has 3 fully saturated rings. The number of carbonyl (C=O) groups excluding carboxylic acids is 2. The number of ether oxygens (including phenoxy) is 1. The lowest BCUT2D eigenvalue weighted by molar-refractivity contribution is -0.155. The van der Waals surface area contributed by atoms with E-state index in [0.29, 0.717) is 11.8 Å². The van der Waals surface area contributed by atoms with Crippen molar-refractivity contribution in [3.05, 3.63) is 35.9 Å². The summed E-state index contributed by atoms with van der Waals surface area (Å²) in [5.41, 5.74) is 1.62. The van der Waals surface area contributed by atoms with Gasteiger partial charge in [-0.3, -0.25) is 4.79 Å². The molecule has 128 valence electrons. The highest BCUT2D eigenvalue weighted by Gasteiger charge is 2.64. The molecule has 4 nitrogen and oxygen atoms in total. The molecule has 1 aromatic carbocycles. The predicted molar refractivity (Wildman–Crippen MR) is 90.1 cm³/mol. The van der Waals surface area contributed by atoms with E-state index in [1.165, 1.54) is 6.42 Å². The molecule has 4 atom stereocenters. The molecule has 2 aliphatic carbocycles. The lowest BCUT2D eigenvalue weighted by Crippen LogP contribution is -2.43. The van der Waals surface area contributed by atoms with Gasteiger partial charge in [-0.05, 0) is 42.1 Å². The fraction of sp³-hybridized carbons (Fsp3) is 0.600. The van der Waals surface area contributed by atoms with E-state index in [4.69, 9.17) is 4.74 Å². The van der Waals surface area contributed by atoms with Crippen LogP contribution in [-0.2, 0) is 20.7 Å². The van der Waals surface area contributed by atoms with Crippen LogP contribution in [0, 0.1) is 16.7 Å². The van der Waals surface area contributed by atoms with Crippen molar-refractivity contribution in [2.45, 2.75) is 58.1 Å². The van der Waals surface area contributed by atoms with Gasteiger partial charge in [0, 0.05) is 6.42 Å². The maximum atomic E-state index is 12.6. The minimum Gasteiger partial charge on any atom is -0.460 e. The molecular formula is C20H25NO3. The molecule has 0 aromatic heterocycles. The Hall–Kier alpha value is -1.84. The van der Waals surface area contributed by atoms with Crippen LogP contribution < -0.4 is 5.32 Å². The number of amides is 1. The van der Waals surface area contributed by atoms with Crippen LogP contribution in [0.25, 0.3) is 0 Å². The fourth-order valence-electron chi connectivity index (χ4n) is 4.80. The standard InChI is InChI=1S/C20H25NO3/c1-19(2)12-20(19)9-8-14-16(11-20)24-18(23)15(21-17(14)22)10-13-6-4-3-5-7-13/h3-7,14-16H,8-12H2,1-2H3,(H,21,22)/t14?,15-,16?,20?/m1/s1. The summed E-state index contributed by atoms with van der Waals surface area (Å²) >= 11 is 0. The van der Waals surface area contributed by atoms with Crippen LogP contribution >= 0.6 is 0 Å². The maximum absolute atomic E-state index is 12.6. The normalized spacial score (nSPS) is 37.2. The SMILES string of the molecule is CC1(C)CC12CCC1C(=O)N[C@H](Cc3ccccc3)C(=O)OC1C2. The van der Waals surface area contributed by atoms with E-state index in [1.807, 2.05) is 30.3 Å². The number of benzene rings is 1. The summed E-state index contributed by atoms with van der Waals surface area (Å²) in [4.78, 5) is 25.2. The van der Waals surface area contributed by atoms with Crippen LogP contribution in [0.1, 0.15) is 45.1 Å². The number of hydrogen-bond donors (Lipinski definition) is 1. The monoisotopic (exact) mass is 327 g/mol. The molecular weight excluding hydrogens is 302 g/mol. The van der Waals surface area contributed by atoms with Crippen LogP contribution in [0.5, 0.6) is 0 Å². The third kappa shape index (κ3) is 2.52. The smallest absolute Gasteiger partial charge is 0.329 e. The van der Waals surface area contributed by atoms with Gasteiger partial charge in [0.15, 0.2) is 0 Å². The lowest BCUT2D eigenvalue weighted by Gasteiger charge is -2.35. The number of fused-ring (bicyclic) bond motifs is 1. The van der Waals surface area contributed by atoms with E-state index in [0.717, 1.165) is 24.8 Å². The van der Waals surface area contributed by atoms with Gasteiger partial charge < -0.3 is 10.1 Å². The zero-order valence-corrected chi connectivity index (χ0v) is 14.4. The Morgan fingerprint density at radius 3 is 2.58 bits per heavy atom. The second-order valence-corrected chi connectivity index (χ2v) is 8.42. The quantitative estimate of drug-likeness (QED) is 0.850. The Kier molecular flexibility index (Phi) is 3.48. The molecule has 1 amide bonds. The van der Waals surface area contributed by atoms with E-state index in [9.17, 15) is 9.59 Å². The summed E-state index contributed by atoms with van der Waals surface area (Å²) in [6.07, 6.45) is 4.13. The molecule has 0 radical (unpaired) electrons. The van der Waals surface area contributed by atoms with Gasteiger partial charge in [-0.1, -0.05) is 44.2 Å². The van der Waals surface area contributed by atoms with Gasteiger partial charge in [-0.15, -0.1) is 0 Å². The van der Waals surface area contributed by atoms with Crippen molar-refractivity contribution in [3.8, 4) is 0 Å². The second-order valence-electron chi connectivity index (χ2n) is 8.42. The molecule has 1 spiro atoms. The first-order chi connectivity index (χ1) is 11.4. The van der Waals surface area contributed by atoms with Gasteiger partial charge in [0.2, 0.25) is 5.91 Å². The van der Waals surface area contributed by atoms with E-state index < -0.39 is 6.04 Å².